The summed E-state index contributed by atoms with van der Waals surface area (Å²) >= 11 is 0. The molecule has 1 N–H and O–H groups in total. The summed E-state index contributed by atoms with van der Waals surface area (Å²) in [6, 6.07) is 3.05. The largest absolute Gasteiger partial charge is 0.321 e. The molecule has 2 rings (SSSR count). The van der Waals surface area contributed by atoms with Crippen molar-refractivity contribution < 1.29 is 9.18 Å². The molecule has 1 heterocycles. The second-order valence-electron chi connectivity index (χ2n) is 2.70. The Hall–Kier alpha value is -1.78. The van der Waals surface area contributed by atoms with E-state index in [0.29, 0.717) is 5.56 Å². The van der Waals surface area contributed by atoms with Gasteiger partial charge in [-0.2, -0.15) is 0 Å². The van der Waals surface area contributed by atoms with E-state index in [2.05, 4.69) is 10.5 Å². The Morgan fingerprint density at radius 1 is 1.46 bits per heavy atom. The highest BCUT2D eigenvalue weighted by Crippen LogP contribution is 2.34. The maximum absolute atomic E-state index is 13.0. The highest BCUT2D eigenvalue weighted by molar-refractivity contribution is 6.02. The van der Waals surface area contributed by atoms with Crippen molar-refractivity contribution in [1.29, 1.82) is 0 Å². The first kappa shape index (κ1) is 7.85. The molecule has 5 heteroatoms. The molecule has 0 fully saturated rings. The first-order valence-corrected chi connectivity index (χ1v) is 3.66. The zero-order valence-electron chi connectivity index (χ0n) is 6.45. The molecule has 4 nitrogen and oxygen atoms in total. The standard InChI is InChI=1S/C8H5FN2O2/c9-5-3-1-2-4-6(5)10-8(12)7(4)11-13/h1-3,7H,(H,10,12). The zero-order chi connectivity index (χ0) is 9.42. The fourth-order valence-electron chi connectivity index (χ4n) is 1.34. The fourth-order valence-corrected chi connectivity index (χ4v) is 1.34. The van der Waals surface area contributed by atoms with Crippen molar-refractivity contribution in [2.24, 2.45) is 5.18 Å². The van der Waals surface area contributed by atoms with Crippen LogP contribution >= 0.6 is 0 Å². The topological polar surface area (TPSA) is 58.5 Å². The molecule has 0 spiro atoms. The molecule has 1 aliphatic rings. The molecule has 1 aromatic carbocycles. The van der Waals surface area contributed by atoms with Gasteiger partial charge in [0.05, 0.1) is 5.69 Å². The maximum Gasteiger partial charge on any atom is 0.257 e. The molecule has 1 atom stereocenters. The second kappa shape index (κ2) is 2.62. The number of hydrogen-bond acceptors (Lipinski definition) is 3. The van der Waals surface area contributed by atoms with Crippen LogP contribution in [-0.4, -0.2) is 5.91 Å². The predicted octanol–water partition coefficient (Wildman–Crippen LogP) is 1.59. The normalized spacial score (nSPS) is 19.5. The number of hydrogen-bond donors (Lipinski definition) is 1. The molecule has 1 unspecified atom stereocenters. The van der Waals surface area contributed by atoms with Gasteiger partial charge in [-0.25, -0.2) is 4.39 Å². The van der Waals surface area contributed by atoms with Gasteiger partial charge in [0, 0.05) is 5.56 Å². The fraction of sp³-hybridized carbons (Fsp3) is 0.125. The highest BCUT2D eigenvalue weighted by Gasteiger charge is 2.33. The van der Waals surface area contributed by atoms with Crippen LogP contribution in [0.4, 0.5) is 10.1 Å². The van der Waals surface area contributed by atoms with Gasteiger partial charge in [0.15, 0.2) is 6.04 Å². The number of nitrogens with zero attached hydrogens (tertiary/aromatic N) is 1. The molecule has 0 radical (unpaired) electrons. The number of halogens is 1. The Kier molecular flexibility index (Phi) is 1.58. The molecule has 0 saturated heterocycles. The first-order valence-electron chi connectivity index (χ1n) is 3.66. The van der Waals surface area contributed by atoms with E-state index < -0.39 is 17.8 Å². The van der Waals surface area contributed by atoms with Gasteiger partial charge in [-0.3, -0.25) is 4.79 Å². The number of carbonyl (C=O) groups excluding carboxylic acids is 1. The molecule has 0 aliphatic carbocycles. The third-order valence-corrected chi connectivity index (χ3v) is 1.94. The van der Waals surface area contributed by atoms with Gasteiger partial charge >= 0.3 is 0 Å². The Morgan fingerprint density at radius 2 is 2.23 bits per heavy atom. The van der Waals surface area contributed by atoms with Crippen LogP contribution in [0, 0.1) is 10.7 Å². The maximum atomic E-state index is 13.0. The number of rotatable bonds is 1. The van der Waals surface area contributed by atoms with E-state index in [1.54, 1.807) is 0 Å². The number of nitroso groups, excluding NO2 is 1. The van der Waals surface area contributed by atoms with E-state index in [4.69, 9.17) is 0 Å². The number of nitrogens with one attached hydrogen (secondary N) is 1. The summed E-state index contributed by atoms with van der Waals surface area (Å²) in [5, 5.41) is 4.88. The molecule has 1 amide bonds. The third-order valence-electron chi connectivity index (χ3n) is 1.94. The lowest BCUT2D eigenvalue weighted by molar-refractivity contribution is -0.116. The van der Waals surface area contributed by atoms with E-state index in [1.807, 2.05) is 0 Å². The van der Waals surface area contributed by atoms with Crippen LogP contribution in [0.2, 0.25) is 0 Å². The minimum Gasteiger partial charge on any atom is -0.321 e. The van der Waals surface area contributed by atoms with Crippen molar-refractivity contribution in [3.8, 4) is 0 Å². The monoisotopic (exact) mass is 180 g/mol. The summed E-state index contributed by atoms with van der Waals surface area (Å²) in [5.74, 6) is -1.12. The van der Waals surface area contributed by atoms with Gasteiger partial charge in [-0.05, 0) is 6.07 Å². The lowest BCUT2D eigenvalue weighted by Crippen LogP contribution is -2.09. The third kappa shape index (κ3) is 1.00. The molecule has 66 valence electrons. The SMILES string of the molecule is O=NC1C(=O)Nc2c(F)cccc21. The first-order chi connectivity index (χ1) is 6.24. The van der Waals surface area contributed by atoms with Crippen molar-refractivity contribution >= 4 is 11.6 Å². The molecular formula is C8H5FN2O2. The number of fused-ring (bicyclic) bond motifs is 1. The van der Waals surface area contributed by atoms with Gasteiger partial charge in [0.2, 0.25) is 0 Å². The van der Waals surface area contributed by atoms with Crippen molar-refractivity contribution in [3.63, 3.8) is 0 Å². The Morgan fingerprint density at radius 3 is 2.92 bits per heavy atom. The molecule has 0 saturated carbocycles. The number of benzene rings is 1. The van der Waals surface area contributed by atoms with E-state index in [0.717, 1.165) is 0 Å². The van der Waals surface area contributed by atoms with Crippen LogP contribution < -0.4 is 5.32 Å². The number of carbonyl (C=O) groups is 1. The lowest BCUT2D eigenvalue weighted by atomic mass is 10.1. The predicted molar refractivity (Wildman–Crippen MR) is 43.6 cm³/mol. The van der Waals surface area contributed by atoms with Gasteiger partial charge in [0.1, 0.15) is 5.82 Å². The summed E-state index contributed by atoms with van der Waals surface area (Å²) < 4.78 is 13.0. The molecular weight excluding hydrogens is 175 g/mol. The molecule has 1 aromatic rings. The van der Waals surface area contributed by atoms with E-state index >= 15 is 0 Å². The van der Waals surface area contributed by atoms with E-state index in [1.165, 1.54) is 18.2 Å². The summed E-state index contributed by atoms with van der Waals surface area (Å²) in [6.45, 7) is 0. The molecule has 1 aliphatic heterocycles. The van der Waals surface area contributed by atoms with E-state index in [-0.39, 0.29) is 5.69 Å². The summed E-state index contributed by atoms with van der Waals surface area (Å²) in [7, 11) is 0. The minimum absolute atomic E-state index is 0.0668. The van der Waals surface area contributed by atoms with Crippen molar-refractivity contribution in [2.75, 3.05) is 5.32 Å². The zero-order valence-corrected chi connectivity index (χ0v) is 6.45. The van der Waals surface area contributed by atoms with Gasteiger partial charge < -0.3 is 5.32 Å². The average molecular weight is 180 g/mol. The van der Waals surface area contributed by atoms with Gasteiger partial charge in [-0.15, -0.1) is 4.91 Å². The summed E-state index contributed by atoms with van der Waals surface area (Å²) in [5.41, 5.74) is 0.372. The number of anilines is 1. The van der Waals surface area contributed by atoms with Crippen molar-refractivity contribution in [1.82, 2.24) is 0 Å². The van der Waals surface area contributed by atoms with Crippen LogP contribution in [0.3, 0.4) is 0 Å². The smallest absolute Gasteiger partial charge is 0.257 e. The quantitative estimate of drug-likeness (QED) is 0.667. The Bertz CT molecular complexity index is 392. The van der Waals surface area contributed by atoms with E-state index in [9.17, 15) is 14.1 Å². The number of amides is 1. The van der Waals surface area contributed by atoms with Crippen LogP contribution in [0.1, 0.15) is 11.6 Å². The molecule has 13 heavy (non-hydrogen) atoms. The number of para-hydroxylation sites is 1. The molecule has 0 bridgehead atoms. The highest BCUT2D eigenvalue weighted by atomic mass is 19.1. The average Bonchev–Trinajstić information content (AvgIpc) is 2.43. The van der Waals surface area contributed by atoms with Crippen LogP contribution in [0.5, 0.6) is 0 Å². The Labute approximate surface area is 72.7 Å². The van der Waals surface area contributed by atoms with Crippen LogP contribution in [0.25, 0.3) is 0 Å². The Balaban J connectivity index is 2.60. The minimum atomic E-state index is -1.11. The van der Waals surface area contributed by atoms with Gasteiger partial charge in [0.25, 0.3) is 5.91 Å². The summed E-state index contributed by atoms with van der Waals surface area (Å²) in [6.07, 6.45) is 0. The van der Waals surface area contributed by atoms with Crippen LogP contribution in [0.15, 0.2) is 23.4 Å². The van der Waals surface area contributed by atoms with Crippen LogP contribution in [-0.2, 0) is 4.79 Å². The molecule has 0 aromatic heterocycles. The van der Waals surface area contributed by atoms with Gasteiger partial charge in [-0.1, -0.05) is 17.3 Å². The van der Waals surface area contributed by atoms with Crippen molar-refractivity contribution in [3.05, 3.63) is 34.5 Å². The van der Waals surface area contributed by atoms with Crippen molar-refractivity contribution in [2.45, 2.75) is 6.04 Å². The second-order valence-corrected chi connectivity index (χ2v) is 2.70. The lowest BCUT2D eigenvalue weighted by Gasteiger charge is -1.98. The summed E-state index contributed by atoms with van der Waals surface area (Å²) in [4.78, 5) is 21.3.